The van der Waals surface area contributed by atoms with Gasteiger partial charge in [0.15, 0.2) is 11.7 Å². The van der Waals surface area contributed by atoms with E-state index in [1.807, 2.05) is 6.07 Å². The van der Waals surface area contributed by atoms with Gasteiger partial charge < -0.3 is 15.2 Å². The highest BCUT2D eigenvalue weighted by atomic mass is 127. The molecule has 2 aromatic rings. The van der Waals surface area contributed by atoms with E-state index in [0.717, 1.165) is 49.8 Å². The van der Waals surface area contributed by atoms with Crippen molar-refractivity contribution in [2.45, 2.75) is 58.3 Å². The summed E-state index contributed by atoms with van der Waals surface area (Å²) in [4.78, 5) is 6.91. The van der Waals surface area contributed by atoms with E-state index in [9.17, 15) is 0 Å². The Kier molecular flexibility index (Phi) is 9.24. The summed E-state index contributed by atoms with van der Waals surface area (Å²) in [6.07, 6.45) is 3.10. The van der Waals surface area contributed by atoms with Gasteiger partial charge in [0.2, 0.25) is 0 Å². The number of piperidine rings is 1. The van der Waals surface area contributed by atoms with E-state index in [0.29, 0.717) is 18.6 Å². The molecule has 0 radical (unpaired) electrons. The molecule has 1 aliphatic rings. The van der Waals surface area contributed by atoms with Gasteiger partial charge in [-0.05, 0) is 31.7 Å². The predicted molar refractivity (Wildman–Crippen MR) is 124 cm³/mol. The largest absolute Gasteiger partial charge is 0.359 e. The molecule has 0 amide bonds. The minimum Gasteiger partial charge on any atom is -0.359 e. The molecule has 0 bridgehead atoms. The van der Waals surface area contributed by atoms with Gasteiger partial charge in [0.05, 0.1) is 12.2 Å². The molecular formula is C21H32IN5O. The topological polar surface area (TPSA) is 65.7 Å². The monoisotopic (exact) mass is 497 g/mol. The minimum atomic E-state index is 0. The van der Waals surface area contributed by atoms with Crippen LogP contribution in [0, 0.1) is 0 Å². The first-order chi connectivity index (χ1) is 13.2. The standard InChI is InChI=1S/C21H31N5O.HI/c1-4-18-13-20(27-25-18)14-23-21(22-3)24-19-10-11-26(16(2)12-19)15-17-8-6-5-7-9-17;/h5-9,13,16,19H,4,10-12,14-15H2,1-3H3,(H2,22,23,24);1H. The van der Waals surface area contributed by atoms with Crippen molar-refractivity contribution in [3.8, 4) is 0 Å². The van der Waals surface area contributed by atoms with Gasteiger partial charge in [-0.2, -0.15) is 0 Å². The number of nitrogens with zero attached hydrogens (tertiary/aromatic N) is 3. The first kappa shape index (κ1) is 22.7. The molecule has 3 rings (SSSR count). The van der Waals surface area contributed by atoms with Gasteiger partial charge in [-0.15, -0.1) is 24.0 Å². The molecule has 2 heterocycles. The average Bonchev–Trinajstić information content (AvgIpc) is 3.16. The van der Waals surface area contributed by atoms with Gasteiger partial charge in [0, 0.05) is 38.3 Å². The van der Waals surface area contributed by atoms with E-state index < -0.39 is 0 Å². The van der Waals surface area contributed by atoms with Crippen molar-refractivity contribution < 1.29 is 4.52 Å². The first-order valence-electron chi connectivity index (χ1n) is 9.87. The molecule has 154 valence electrons. The number of benzene rings is 1. The number of aryl methyl sites for hydroxylation is 1. The Balaban J connectivity index is 0.00000280. The molecule has 2 atom stereocenters. The van der Waals surface area contributed by atoms with Crippen LogP contribution in [0.1, 0.15) is 43.7 Å². The maximum Gasteiger partial charge on any atom is 0.191 e. The molecule has 6 nitrogen and oxygen atoms in total. The molecule has 1 saturated heterocycles. The lowest BCUT2D eigenvalue weighted by Crippen LogP contribution is -2.51. The fourth-order valence-corrected chi connectivity index (χ4v) is 3.57. The molecule has 0 saturated carbocycles. The summed E-state index contributed by atoms with van der Waals surface area (Å²) in [5, 5.41) is 10.9. The fraction of sp³-hybridized carbons (Fsp3) is 0.524. The summed E-state index contributed by atoms with van der Waals surface area (Å²) in [7, 11) is 1.81. The molecule has 2 unspecified atom stereocenters. The summed E-state index contributed by atoms with van der Waals surface area (Å²) < 4.78 is 5.33. The van der Waals surface area contributed by atoms with Gasteiger partial charge in [0.1, 0.15) is 0 Å². The van der Waals surface area contributed by atoms with Crippen LogP contribution >= 0.6 is 24.0 Å². The van der Waals surface area contributed by atoms with Gasteiger partial charge in [-0.3, -0.25) is 9.89 Å². The summed E-state index contributed by atoms with van der Waals surface area (Å²) in [6, 6.07) is 13.7. The zero-order valence-corrected chi connectivity index (χ0v) is 19.3. The maximum absolute atomic E-state index is 5.33. The van der Waals surface area contributed by atoms with Gasteiger partial charge in [0.25, 0.3) is 0 Å². The summed E-state index contributed by atoms with van der Waals surface area (Å²) in [5.41, 5.74) is 2.36. The maximum atomic E-state index is 5.33. The van der Waals surface area contributed by atoms with Crippen LogP contribution in [0.5, 0.6) is 0 Å². The summed E-state index contributed by atoms with van der Waals surface area (Å²) >= 11 is 0. The highest BCUT2D eigenvalue weighted by Crippen LogP contribution is 2.20. The average molecular weight is 497 g/mol. The van der Waals surface area contributed by atoms with Crippen LogP contribution in [-0.2, 0) is 19.5 Å². The van der Waals surface area contributed by atoms with Crippen LogP contribution in [-0.4, -0.2) is 41.7 Å². The van der Waals surface area contributed by atoms with Crippen LogP contribution in [0.4, 0.5) is 0 Å². The van der Waals surface area contributed by atoms with E-state index in [4.69, 9.17) is 4.52 Å². The van der Waals surface area contributed by atoms with E-state index in [1.54, 1.807) is 7.05 Å². The predicted octanol–water partition coefficient (Wildman–Crippen LogP) is 3.57. The number of hydrogen-bond donors (Lipinski definition) is 2. The van der Waals surface area contributed by atoms with Gasteiger partial charge in [-0.25, -0.2) is 0 Å². The second-order valence-corrected chi connectivity index (χ2v) is 7.23. The number of rotatable bonds is 6. The first-order valence-corrected chi connectivity index (χ1v) is 9.87. The normalized spacial score (nSPS) is 20.5. The van der Waals surface area contributed by atoms with E-state index in [-0.39, 0.29) is 24.0 Å². The molecule has 1 aliphatic heterocycles. The number of aromatic nitrogens is 1. The van der Waals surface area contributed by atoms with Crippen molar-refractivity contribution in [3.63, 3.8) is 0 Å². The van der Waals surface area contributed by atoms with E-state index in [1.165, 1.54) is 5.56 Å². The van der Waals surface area contributed by atoms with Crippen LogP contribution in [0.2, 0.25) is 0 Å². The second-order valence-electron chi connectivity index (χ2n) is 7.23. The van der Waals surface area contributed by atoms with Crippen LogP contribution in [0.3, 0.4) is 0 Å². The SMILES string of the molecule is CCc1cc(CNC(=NC)NC2CCN(Cc3ccccc3)C(C)C2)on1.I. The van der Waals surface area contributed by atoms with E-state index >= 15 is 0 Å². The molecule has 28 heavy (non-hydrogen) atoms. The zero-order chi connectivity index (χ0) is 19.1. The van der Waals surface area contributed by atoms with Crippen molar-refractivity contribution in [1.82, 2.24) is 20.7 Å². The lowest BCUT2D eigenvalue weighted by Gasteiger charge is -2.38. The highest BCUT2D eigenvalue weighted by Gasteiger charge is 2.26. The van der Waals surface area contributed by atoms with Crippen molar-refractivity contribution in [2.24, 2.45) is 4.99 Å². The number of guanidine groups is 1. The Morgan fingerprint density at radius 3 is 2.75 bits per heavy atom. The van der Waals surface area contributed by atoms with E-state index in [2.05, 4.69) is 69.9 Å². The Labute approximate surface area is 185 Å². The minimum absolute atomic E-state index is 0. The molecule has 1 fully saturated rings. The van der Waals surface area contributed by atoms with Crippen LogP contribution in [0.15, 0.2) is 45.9 Å². The molecule has 1 aromatic heterocycles. The molecule has 0 spiro atoms. The lowest BCUT2D eigenvalue weighted by atomic mass is 9.97. The van der Waals surface area contributed by atoms with Crippen LogP contribution < -0.4 is 10.6 Å². The molecule has 7 heteroatoms. The van der Waals surface area contributed by atoms with Crippen molar-refractivity contribution in [3.05, 3.63) is 53.4 Å². The third-order valence-electron chi connectivity index (χ3n) is 5.21. The third-order valence-corrected chi connectivity index (χ3v) is 5.21. The smallest absolute Gasteiger partial charge is 0.191 e. The number of halogens is 1. The second kappa shape index (κ2) is 11.4. The van der Waals surface area contributed by atoms with Gasteiger partial charge in [-0.1, -0.05) is 42.4 Å². The van der Waals surface area contributed by atoms with Gasteiger partial charge >= 0.3 is 0 Å². The van der Waals surface area contributed by atoms with Crippen molar-refractivity contribution >= 4 is 29.9 Å². The summed E-state index contributed by atoms with van der Waals surface area (Å²) in [5.74, 6) is 1.65. The molecule has 0 aliphatic carbocycles. The molecule has 2 N–H and O–H groups in total. The Bertz CT molecular complexity index is 733. The van der Waals surface area contributed by atoms with Crippen LogP contribution in [0.25, 0.3) is 0 Å². The number of aliphatic imine (C=N–C) groups is 1. The molecular weight excluding hydrogens is 465 g/mol. The van der Waals surface area contributed by atoms with Crippen molar-refractivity contribution in [1.29, 1.82) is 0 Å². The Morgan fingerprint density at radius 2 is 2.11 bits per heavy atom. The summed E-state index contributed by atoms with van der Waals surface area (Å²) in [6.45, 7) is 7.09. The molecule has 1 aromatic carbocycles. The Morgan fingerprint density at radius 1 is 1.32 bits per heavy atom. The fourth-order valence-electron chi connectivity index (χ4n) is 3.57. The highest BCUT2D eigenvalue weighted by molar-refractivity contribution is 14.0. The van der Waals surface area contributed by atoms with Crippen molar-refractivity contribution in [2.75, 3.05) is 13.6 Å². The number of nitrogens with one attached hydrogen (secondary N) is 2. The lowest BCUT2D eigenvalue weighted by molar-refractivity contribution is 0.134. The quantitative estimate of drug-likeness (QED) is 0.363. The Hall–Kier alpha value is -1.61. The number of hydrogen-bond acceptors (Lipinski definition) is 4. The zero-order valence-electron chi connectivity index (χ0n) is 17.0. The number of likely N-dealkylation sites (tertiary alicyclic amines) is 1. The third kappa shape index (κ3) is 6.48.